The van der Waals surface area contributed by atoms with Gasteiger partial charge in [-0.05, 0) is 105 Å². The number of likely N-dealkylation sites (tertiary alicyclic amines) is 1. The zero-order valence-electron chi connectivity index (χ0n) is 17.3. The fourth-order valence-electron chi connectivity index (χ4n) is 5.06. The Morgan fingerprint density at radius 1 is 1.03 bits per heavy atom. The fourth-order valence-corrected chi connectivity index (χ4v) is 6.20. The number of alkyl halides is 3. The molecule has 166 valence electrons. The van der Waals surface area contributed by atoms with Crippen molar-refractivity contribution in [1.82, 2.24) is 4.90 Å². The molecule has 31 heavy (non-hydrogen) atoms. The molecule has 2 fully saturated rings. The smallest absolute Gasteiger partial charge is 0.311 e. The average molecular weight is 451 g/mol. The largest absolute Gasteiger partial charge is 0.416 e. The van der Waals surface area contributed by atoms with Gasteiger partial charge in [-0.3, -0.25) is 0 Å². The Bertz CT molecular complexity index is 959. The molecule has 1 saturated heterocycles. The maximum atomic E-state index is 14.2. The van der Waals surface area contributed by atoms with Crippen LogP contribution >= 0.6 is 11.9 Å². The molecule has 3 aliphatic rings. The summed E-state index contributed by atoms with van der Waals surface area (Å²) in [6.07, 6.45) is 1.29. The summed E-state index contributed by atoms with van der Waals surface area (Å²) in [7, 11) is 0. The average Bonchev–Trinajstić information content (AvgIpc) is 3.52. The van der Waals surface area contributed by atoms with Crippen LogP contribution in [0.25, 0.3) is 0 Å². The SMILES string of the molecule is Fc1ccc2c(c1)C1(CCCN(CC3CC3)CC1)CN2Sc1cccc(C(F)(F)F)c1. The maximum absolute atomic E-state index is 14.2. The molecular weight excluding hydrogens is 424 g/mol. The second-order valence-corrected chi connectivity index (χ2v) is 10.3. The first kappa shape index (κ1) is 21.1. The summed E-state index contributed by atoms with van der Waals surface area (Å²) in [5, 5.41) is 0. The summed E-state index contributed by atoms with van der Waals surface area (Å²) in [6.45, 7) is 3.93. The lowest BCUT2D eigenvalue weighted by Gasteiger charge is -2.29. The Morgan fingerprint density at radius 3 is 2.65 bits per heavy atom. The van der Waals surface area contributed by atoms with Crippen LogP contribution in [0.3, 0.4) is 0 Å². The lowest BCUT2D eigenvalue weighted by atomic mass is 9.76. The quantitative estimate of drug-likeness (QED) is 0.388. The van der Waals surface area contributed by atoms with Crippen molar-refractivity contribution in [2.45, 2.75) is 48.6 Å². The van der Waals surface area contributed by atoms with Gasteiger partial charge in [-0.1, -0.05) is 6.07 Å². The van der Waals surface area contributed by atoms with Crippen molar-refractivity contribution in [2.24, 2.45) is 5.92 Å². The lowest BCUT2D eigenvalue weighted by Crippen LogP contribution is -2.33. The monoisotopic (exact) mass is 450 g/mol. The molecule has 1 unspecified atom stereocenters. The first-order chi connectivity index (χ1) is 14.8. The van der Waals surface area contributed by atoms with E-state index in [1.807, 2.05) is 0 Å². The maximum Gasteiger partial charge on any atom is 0.416 e. The van der Waals surface area contributed by atoms with Crippen molar-refractivity contribution in [3.05, 3.63) is 59.4 Å². The number of fused-ring (bicyclic) bond motifs is 2. The van der Waals surface area contributed by atoms with E-state index in [4.69, 9.17) is 0 Å². The first-order valence-corrected chi connectivity index (χ1v) is 11.7. The van der Waals surface area contributed by atoms with Crippen LogP contribution in [-0.2, 0) is 11.6 Å². The number of nitrogens with zero attached hydrogens (tertiary/aromatic N) is 2. The van der Waals surface area contributed by atoms with Crippen LogP contribution in [0.2, 0.25) is 0 Å². The van der Waals surface area contributed by atoms with E-state index < -0.39 is 11.7 Å². The Morgan fingerprint density at radius 2 is 1.87 bits per heavy atom. The summed E-state index contributed by atoms with van der Waals surface area (Å²) in [5.41, 5.74) is 1.15. The van der Waals surface area contributed by atoms with E-state index in [-0.39, 0.29) is 11.2 Å². The Hall–Kier alpha value is -1.73. The van der Waals surface area contributed by atoms with E-state index in [2.05, 4.69) is 9.21 Å². The lowest BCUT2D eigenvalue weighted by molar-refractivity contribution is -0.137. The Balaban J connectivity index is 1.41. The van der Waals surface area contributed by atoms with Crippen molar-refractivity contribution < 1.29 is 17.6 Å². The molecule has 1 aliphatic carbocycles. The summed E-state index contributed by atoms with van der Waals surface area (Å²) < 4.78 is 55.8. The normalized spacial score (nSPS) is 24.5. The predicted molar refractivity (Wildman–Crippen MR) is 116 cm³/mol. The fraction of sp³-hybridized carbons (Fsp3) is 0.500. The van der Waals surface area contributed by atoms with Gasteiger partial charge in [-0.25, -0.2) is 4.39 Å². The third kappa shape index (κ3) is 4.44. The molecule has 0 radical (unpaired) electrons. The third-order valence-corrected chi connectivity index (χ3v) is 7.88. The summed E-state index contributed by atoms with van der Waals surface area (Å²) in [5.74, 6) is 0.596. The van der Waals surface area contributed by atoms with Crippen LogP contribution in [-0.4, -0.2) is 31.1 Å². The van der Waals surface area contributed by atoms with Crippen molar-refractivity contribution >= 4 is 17.6 Å². The molecule has 2 heterocycles. The van der Waals surface area contributed by atoms with E-state index in [0.29, 0.717) is 11.4 Å². The van der Waals surface area contributed by atoms with Gasteiger partial charge < -0.3 is 9.21 Å². The summed E-state index contributed by atoms with van der Waals surface area (Å²) in [4.78, 5) is 3.10. The highest BCUT2D eigenvalue weighted by Gasteiger charge is 2.44. The number of hydrogen-bond acceptors (Lipinski definition) is 3. The van der Waals surface area contributed by atoms with Crippen LogP contribution in [0.1, 0.15) is 43.2 Å². The molecule has 2 aromatic carbocycles. The van der Waals surface area contributed by atoms with E-state index in [1.54, 1.807) is 18.2 Å². The molecule has 0 amide bonds. The van der Waals surface area contributed by atoms with Crippen molar-refractivity contribution in [1.29, 1.82) is 0 Å². The summed E-state index contributed by atoms with van der Waals surface area (Å²) in [6, 6.07) is 10.3. The molecular formula is C24H26F4N2S. The molecule has 1 atom stereocenters. The number of hydrogen-bond donors (Lipinski definition) is 0. The van der Waals surface area contributed by atoms with Gasteiger partial charge in [0.2, 0.25) is 0 Å². The van der Waals surface area contributed by atoms with Crippen LogP contribution in [0.4, 0.5) is 23.2 Å². The molecule has 2 nitrogen and oxygen atoms in total. The van der Waals surface area contributed by atoms with Gasteiger partial charge in [0.1, 0.15) is 5.82 Å². The second-order valence-electron chi connectivity index (χ2n) is 9.19. The highest BCUT2D eigenvalue weighted by molar-refractivity contribution is 8.00. The van der Waals surface area contributed by atoms with E-state index >= 15 is 0 Å². The van der Waals surface area contributed by atoms with Crippen molar-refractivity contribution in [3.8, 4) is 0 Å². The van der Waals surface area contributed by atoms with Gasteiger partial charge in [0.25, 0.3) is 0 Å². The van der Waals surface area contributed by atoms with Gasteiger partial charge in [0, 0.05) is 23.4 Å². The first-order valence-electron chi connectivity index (χ1n) is 11.0. The standard InChI is InChI=1S/C24H26F4N2S/c25-19-7-8-22-21(14-19)23(9-2-11-29(12-10-23)15-17-5-6-17)16-30(22)31-20-4-1-3-18(13-20)24(26,27)28/h1,3-4,7-8,13-14,17H,2,5-6,9-12,15-16H2. The molecule has 0 N–H and O–H groups in total. The zero-order chi connectivity index (χ0) is 21.6. The Labute approximate surface area is 184 Å². The van der Waals surface area contributed by atoms with Gasteiger partial charge in [-0.15, -0.1) is 0 Å². The molecule has 5 rings (SSSR count). The second kappa shape index (κ2) is 8.00. The number of halogens is 4. The highest BCUT2D eigenvalue weighted by atomic mass is 32.2. The minimum Gasteiger partial charge on any atom is -0.311 e. The highest BCUT2D eigenvalue weighted by Crippen LogP contribution is 2.51. The number of rotatable bonds is 4. The topological polar surface area (TPSA) is 6.48 Å². The summed E-state index contributed by atoms with van der Waals surface area (Å²) >= 11 is 1.32. The van der Waals surface area contributed by atoms with E-state index in [1.165, 1.54) is 43.0 Å². The van der Waals surface area contributed by atoms with Gasteiger partial charge >= 0.3 is 6.18 Å². The van der Waals surface area contributed by atoms with Crippen LogP contribution < -0.4 is 4.31 Å². The molecule has 0 bridgehead atoms. The van der Waals surface area contributed by atoms with E-state index in [0.717, 1.165) is 62.1 Å². The van der Waals surface area contributed by atoms with E-state index in [9.17, 15) is 17.6 Å². The molecule has 0 aromatic heterocycles. The third-order valence-electron chi connectivity index (χ3n) is 6.87. The van der Waals surface area contributed by atoms with Gasteiger partial charge in [0.05, 0.1) is 11.3 Å². The molecule has 1 saturated carbocycles. The zero-order valence-corrected chi connectivity index (χ0v) is 18.1. The molecule has 2 aromatic rings. The van der Waals surface area contributed by atoms with Crippen LogP contribution in [0.15, 0.2) is 47.4 Å². The minimum atomic E-state index is -4.36. The molecule has 1 spiro atoms. The predicted octanol–water partition coefficient (Wildman–Crippen LogP) is 6.51. The van der Waals surface area contributed by atoms with Gasteiger partial charge in [-0.2, -0.15) is 13.2 Å². The van der Waals surface area contributed by atoms with Crippen molar-refractivity contribution in [2.75, 3.05) is 30.5 Å². The molecule has 7 heteroatoms. The molecule has 2 aliphatic heterocycles. The van der Waals surface area contributed by atoms with Crippen LogP contribution in [0.5, 0.6) is 0 Å². The van der Waals surface area contributed by atoms with Crippen LogP contribution in [0, 0.1) is 11.7 Å². The van der Waals surface area contributed by atoms with Crippen molar-refractivity contribution in [3.63, 3.8) is 0 Å². The Kier molecular flexibility index (Phi) is 5.45. The minimum absolute atomic E-state index is 0.148. The number of anilines is 1. The number of benzene rings is 2. The van der Waals surface area contributed by atoms with Gasteiger partial charge in [0.15, 0.2) is 0 Å².